The van der Waals surface area contributed by atoms with Gasteiger partial charge in [-0.2, -0.15) is 4.31 Å². The Bertz CT molecular complexity index is 443. The maximum Gasteiger partial charge on any atom is 0.246 e. The van der Waals surface area contributed by atoms with Crippen LogP contribution in [0.4, 0.5) is 0 Å². The van der Waals surface area contributed by atoms with E-state index >= 15 is 0 Å². The number of aliphatic hydroxyl groups excluding tert-OH is 1. The molecule has 0 saturated heterocycles. The third-order valence-electron chi connectivity index (χ3n) is 2.06. The van der Waals surface area contributed by atoms with Crippen LogP contribution in [-0.2, 0) is 10.0 Å². The van der Waals surface area contributed by atoms with Gasteiger partial charge in [-0.05, 0) is 18.0 Å². The van der Waals surface area contributed by atoms with Gasteiger partial charge in [0, 0.05) is 13.1 Å². The molecule has 96 valence electrons. The summed E-state index contributed by atoms with van der Waals surface area (Å²) in [5, 5.41) is 8.85. The van der Waals surface area contributed by atoms with Gasteiger partial charge in [-0.25, -0.2) is 18.4 Å². The van der Waals surface area contributed by atoms with Crippen LogP contribution in [0.5, 0.6) is 0 Å². The summed E-state index contributed by atoms with van der Waals surface area (Å²) >= 11 is 5.49. The van der Waals surface area contributed by atoms with E-state index in [1.165, 1.54) is 4.31 Å². The second-order valence-electron chi connectivity index (χ2n) is 3.32. The molecule has 0 radical (unpaired) electrons. The van der Waals surface area contributed by atoms with Crippen LogP contribution in [0.15, 0.2) is 17.3 Å². The maximum absolute atomic E-state index is 12.1. The number of sulfonamides is 1. The molecule has 1 heterocycles. The molecule has 8 heteroatoms. The van der Waals surface area contributed by atoms with E-state index in [0.29, 0.717) is 13.0 Å². The van der Waals surface area contributed by atoms with E-state index in [2.05, 4.69) is 9.97 Å². The first-order valence-electron chi connectivity index (χ1n) is 5.11. The Morgan fingerprint density at radius 2 is 1.94 bits per heavy atom. The van der Waals surface area contributed by atoms with E-state index < -0.39 is 10.0 Å². The fourth-order valence-corrected chi connectivity index (χ4v) is 2.81. The third kappa shape index (κ3) is 3.60. The lowest BCUT2D eigenvalue weighted by Gasteiger charge is -2.19. The zero-order chi connectivity index (χ0) is 12.9. The van der Waals surface area contributed by atoms with E-state index in [-0.39, 0.29) is 23.3 Å². The van der Waals surface area contributed by atoms with Crippen molar-refractivity contribution >= 4 is 21.6 Å². The van der Waals surface area contributed by atoms with Crippen LogP contribution in [0.3, 0.4) is 0 Å². The molecule has 0 atom stereocenters. The number of aromatic nitrogens is 2. The largest absolute Gasteiger partial charge is 0.395 e. The van der Waals surface area contributed by atoms with Gasteiger partial charge < -0.3 is 5.11 Å². The summed E-state index contributed by atoms with van der Waals surface area (Å²) in [5.74, 6) is 0. The van der Waals surface area contributed by atoms with Crippen LogP contribution in [0, 0.1) is 0 Å². The van der Waals surface area contributed by atoms with Crippen molar-refractivity contribution in [2.45, 2.75) is 18.2 Å². The lowest BCUT2D eigenvalue weighted by molar-refractivity contribution is 0.253. The predicted molar refractivity (Wildman–Crippen MR) is 63.2 cm³/mol. The van der Waals surface area contributed by atoms with E-state index in [9.17, 15) is 8.42 Å². The van der Waals surface area contributed by atoms with Crippen molar-refractivity contribution in [3.8, 4) is 0 Å². The Morgan fingerprint density at radius 3 is 2.41 bits per heavy atom. The minimum atomic E-state index is -3.65. The highest BCUT2D eigenvalue weighted by Crippen LogP contribution is 2.14. The Hall–Kier alpha value is -0.760. The molecule has 0 bridgehead atoms. The molecule has 0 aliphatic rings. The van der Waals surface area contributed by atoms with Crippen LogP contribution >= 0.6 is 11.6 Å². The summed E-state index contributed by atoms with van der Waals surface area (Å²) in [6.45, 7) is 2.02. The molecule has 0 amide bonds. The Morgan fingerprint density at radius 1 is 1.35 bits per heavy atom. The first-order valence-corrected chi connectivity index (χ1v) is 6.92. The molecule has 0 aliphatic heterocycles. The summed E-state index contributed by atoms with van der Waals surface area (Å²) in [6, 6.07) is 0. The first-order chi connectivity index (χ1) is 8.02. The third-order valence-corrected chi connectivity index (χ3v) is 4.10. The molecule has 1 aromatic heterocycles. The summed E-state index contributed by atoms with van der Waals surface area (Å²) < 4.78 is 25.4. The molecule has 0 aliphatic carbocycles. The second kappa shape index (κ2) is 6.25. The van der Waals surface area contributed by atoms with E-state index in [4.69, 9.17) is 16.7 Å². The summed E-state index contributed by atoms with van der Waals surface area (Å²) in [7, 11) is -3.65. The van der Waals surface area contributed by atoms with Crippen LogP contribution in [0.2, 0.25) is 5.28 Å². The van der Waals surface area contributed by atoms with Crippen molar-refractivity contribution in [2.75, 3.05) is 19.7 Å². The smallest absolute Gasteiger partial charge is 0.246 e. The average molecular weight is 280 g/mol. The van der Waals surface area contributed by atoms with Crippen molar-refractivity contribution < 1.29 is 13.5 Å². The van der Waals surface area contributed by atoms with Gasteiger partial charge in [0.05, 0.1) is 19.0 Å². The molecule has 1 rings (SSSR count). The number of nitrogens with zero attached hydrogens (tertiary/aromatic N) is 3. The molecular weight excluding hydrogens is 266 g/mol. The SMILES string of the molecule is CCCN(CCO)S(=O)(=O)c1cnc(Cl)nc1. The number of hydrogen-bond acceptors (Lipinski definition) is 5. The van der Waals surface area contributed by atoms with Gasteiger partial charge in [-0.15, -0.1) is 0 Å². The summed E-state index contributed by atoms with van der Waals surface area (Å²) in [5.41, 5.74) is 0. The number of aliphatic hydroxyl groups is 1. The highest BCUT2D eigenvalue weighted by atomic mass is 35.5. The van der Waals surface area contributed by atoms with Crippen LogP contribution in [0.1, 0.15) is 13.3 Å². The normalized spacial score (nSPS) is 12.0. The number of hydrogen-bond donors (Lipinski definition) is 1. The van der Waals surface area contributed by atoms with Crippen LogP contribution in [0.25, 0.3) is 0 Å². The quantitative estimate of drug-likeness (QED) is 0.768. The molecule has 0 aromatic carbocycles. The van der Waals surface area contributed by atoms with Crippen LogP contribution in [-0.4, -0.2) is 47.5 Å². The molecule has 1 aromatic rings. The molecule has 17 heavy (non-hydrogen) atoms. The fraction of sp³-hybridized carbons (Fsp3) is 0.556. The predicted octanol–water partition coefficient (Wildman–Crippen LogP) is 0.523. The van der Waals surface area contributed by atoms with Crippen molar-refractivity contribution in [3.05, 3.63) is 17.7 Å². The highest BCUT2D eigenvalue weighted by molar-refractivity contribution is 7.89. The minimum absolute atomic E-state index is 0.00634. The van der Waals surface area contributed by atoms with Gasteiger partial charge in [0.2, 0.25) is 15.3 Å². The van der Waals surface area contributed by atoms with Crippen LogP contribution < -0.4 is 0 Å². The van der Waals surface area contributed by atoms with Crippen molar-refractivity contribution in [1.82, 2.24) is 14.3 Å². The fourth-order valence-electron chi connectivity index (χ4n) is 1.30. The van der Waals surface area contributed by atoms with Crippen molar-refractivity contribution in [1.29, 1.82) is 0 Å². The average Bonchev–Trinajstić information content (AvgIpc) is 2.29. The number of rotatable bonds is 6. The minimum Gasteiger partial charge on any atom is -0.395 e. The second-order valence-corrected chi connectivity index (χ2v) is 5.59. The maximum atomic E-state index is 12.1. The molecule has 6 nitrogen and oxygen atoms in total. The molecule has 0 fully saturated rings. The molecule has 1 N–H and O–H groups in total. The van der Waals surface area contributed by atoms with Gasteiger partial charge in [0.15, 0.2) is 0 Å². The van der Waals surface area contributed by atoms with E-state index in [0.717, 1.165) is 12.4 Å². The van der Waals surface area contributed by atoms with Gasteiger partial charge in [0.25, 0.3) is 0 Å². The zero-order valence-corrected chi connectivity index (χ0v) is 10.9. The Kier molecular flexibility index (Phi) is 5.26. The lowest BCUT2D eigenvalue weighted by Crippen LogP contribution is -2.34. The standard InChI is InChI=1S/C9H14ClN3O3S/c1-2-3-13(4-5-14)17(15,16)8-6-11-9(10)12-7-8/h6-7,14H,2-5H2,1H3. The van der Waals surface area contributed by atoms with Gasteiger partial charge in [0.1, 0.15) is 4.90 Å². The van der Waals surface area contributed by atoms with Gasteiger partial charge in [-0.3, -0.25) is 0 Å². The Balaban J connectivity index is 3.02. The topological polar surface area (TPSA) is 83.4 Å². The molecule has 0 spiro atoms. The monoisotopic (exact) mass is 279 g/mol. The highest BCUT2D eigenvalue weighted by Gasteiger charge is 2.23. The van der Waals surface area contributed by atoms with Crippen molar-refractivity contribution in [2.24, 2.45) is 0 Å². The zero-order valence-electron chi connectivity index (χ0n) is 9.37. The molecule has 0 unspecified atom stereocenters. The van der Waals surface area contributed by atoms with Gasteiger partial charge in [-0.1, -0.05) is 6.92 Å². The van der Waals surface area contributed by atoms with E-state index in [1.807, 2.05) is 6.92 Å². The van der Waals surface area contributed by atoms with Crippen molar-refractivity contribution in [3.63, 3.8) is 0 Å². The Labute approximate surface area is 105 Å². The first kappa shape index (κ1) is 14.3. The number of halogens is 1. The lowest BCUT2D eigenvalue weighted by atomic mass is 10.5. The summed E-state index contributed by atoms with van der Waals surface area (Å²) in [6.07, 6.45) is 2.98. The molecular formula is C9H14ClN3O3S. The summed E-state index contributed by atoms with van der Waals surface area (Å²) in [4.78, 5) is 7.24. The van der Waals surface area contributed by atoms with E-state index in [1.54, 1.807) is 0 Å². The molecule has 0 saturated carbocycles. The van der Waals surface area contributed by atoms with Gasteiger partial charge >= 0.3 is 0 Å².